The van der Waals surface area contributed by atoms with Gasteiger partial charge in [0.1, 0.15) is 5.01 Å². The Bertz CT molecular complexity index is 1260. The number of nitrogens with one attached hydrogen (secondary N) is 1. The summed E-state index contributed by atoms with van der Waals surface area (Å²) >= 11 is 2.88. The zero-order valence-electron chi connectivity index (χ0n) is 16.8. The summed E-state index contributed by atoms with van der Waals surface area (Å²) in [7, 11) is 0. The van der Waals surface area contributed by atoms with Gasteiger partial charge in [-0.15, -0.1) is 11.8 Å². The third-order valence-corrected chi connectivity index (χ3v) is 6.37. The van der Waals surface area contributed by atoms with Gasteiger partial charge in [0, 0.05) is 29.3 Å². The molecule has 0 fully saturated rings. The van der Waals surface area contributed by atoms with E-state index in [1.54, 1.807) is 0 Å². The molecule has 0 saturated heterocycles. The smallest absolute Gasteiger partial charge is 0.275 e. The molecule has 1 N–H and O–H groups in total. The van der Waals surface area contributed by atoms with Crippen molar-refractivity contribution in [2.75, 3.05) is 11.1 Å². The Morgan fingerprint density at radius 1 is 1.20 bits per heavy atom. The third-order valence-electron chi connectivity index (χ3n) is 4.47. The lowest BCUT2D eigenvalue weighted by molar-refractivity contribution is -0.113. The molecule has 0 radical (unpaired) electrons. The van der Waals surface area contributed by atoms with Crippen LogP contribution in [0.25, 0.3) is 15.7 Å². The molecular formula is C22H22N4O2S2. The Balaban J connectivity index is 1.39. The Hall–Kier alpha value is -2.71. The highest BCUT2D eigenvalue weighted by Crippen LogP contribution is 2.23. The Morgan fingerprint density at radius 2 is 2.00 bits per heavy atom. The normalized spacial score (nSPS) is 11.4. The number of aromatic nitrogens is 3. The van der Waals surface area contributed by atoms with Gasteiger partial charge in [-0.3, -0.25) is 9.59 Å². The molecule has 0 aliphatic heterocycles. The van der Waals surface area contributed by atoms with Crippen LogP contribution in [-0.2, 0) is 17.0 Å². The predicted octanol–water partition coefficient (Wildman–Crippen LogP) is 4.37. The molecule has 154 valence electrons. The second-order valence-electron chi connectivity index (χ2n) is 7.44. The molecule has 4 aromatic rings. The largest absolute Gasteiger partial charge is 0.325 e. The van der Waals surface area contributed by atoms with Crippen molar-refractivity contribution in [3.05, 3.63) is 69.6 Å². The first-order valence-corrected chi connectivity index (χ1v) is 11.7. The number of nitrogens with zero attached hydrogens (tertiary/aromatic N) is 3. The van der Waals surface area contributed by atoms with Crippen LogP contribution in [0.1, 0.15) is 24.5 Å². The summed E-state index contributed by atoms with van der Waals surface area (Å²) in [5.41, 5.74) is 1.30. The van der Waals surface area contributed by atoms with E-state index in [2.05, 4.69) is 29.2 Å². The van der Waals surface area contributed by atoms with Gasteiger partial charge in [-0.25, -0.2) is 4.98 Å². The first-order chi connectivity index (χ1) is 14.5. The SMILES string of the molecule is CC(C)Cc1nn2c(=O)cc(CSCC(=O)Nc3cccc4ccccc34)nc2s1. The van der Waals surface area contributed by atoms with Crippen molar-refractivity contribution < 1.29 is 4.79 Å². The molecule has 0 aliphatic carbocycles. The molecule has 30 heavy (non-hydrogen) atoms. The Labute approximate surface area is 182 Å². The summed E-state index contributed by atoms with van der Waals surface area (Å²) < 4.78 is 1.36. The quantitative estimate of drug-likeness (QED) is 0.464. The first-order valence-electron chi connectivity index (χ1n) is 9.73. The van der Waals surface area contributed by atoms with Crippen molar-refractivity contribution in [1.29, 1.82) is 0 Å². The Morgan fingerprint density at radius 3 is 2.83 bits per heavy atom. The number of hydrogen-bond acceptors (Lipinski definition) is 6. The van der Waals surface area contributed by atoms with Gasteiger partial charge in [0.25, 0.3) is 5.56 Å². The number of carbonyl (C=O) groups excluding carboxylic acids is 1. The van der Waals surface area contributed by atoms with Crippen LogP contribution in [-0.4, -0.2) is 26.3 Å². The number of carbonyl (C=O) groups is 1. The summed E-state index contributed by atoms with van der Waals surface area (Å²) in [4.78, 5) is 29.9. The third kappa shape index (κ3) is 4.71. The van der Waals surface area contributed by atoms with E-state index < -0.39 is 0 Å². The molecular weight excluding hydrogens is 416 g/mol. The van der Waals surface area contributed by atoms with Crippen molar-refractivity contribution in [3.63, 3.8) is 0 Å². The van der Waals surface area contributed by atoms with Crippen LogP contribution in [0.4, 0.5) is 5.69 Å². The summed E-state index contributed by atoms with van der Waals surface area (Å²) in [6, 6.07) is 15.3. The topological polar surface area (TPSA) is 76.4 Å². The van der Waals surface area contributed by atoms with Crippen molar-refractivity contribution in [2.45, 2.75) is 26.0 Å². The van der Waals surface area contributed by atoms with Gasteiger partial charge < -0.3 is 5.32 Å². The average Bonchev–Trinajstić information content (AvgIpc) is 3.10. The van der Waals surface area contributed by atoms with Gasteiger partial charge in [-0.1, -0.05) is 61.6 Å². The van der Waals surface area contributed by atoms with E-state index in [0.717, 1.165) is 27.9 Å². The fourth-order valence-electron chi connectivity index (χ4n) is 3.17. The van der Waals surface area contributed by atoms with E-state index in [-0.39, 0.29) is 17.2 Å². The van der Waals surface area contributed by atoms with Crippen LogP contribution in [0.2, 0.25) is 0 Å². The van der Waals surface area contributed by atoms with Crippen molar-refractivity contribution in [2.24, 2.45) is 5.92 Å². The molecule has 6 nitrogen and oxygen atoms in total. The highest BCUT2D eigenvalue weighted by molar-refractivity contribution is 7.99. The Kier molecular flexibility index (Phi) is 6.15. The van der Waals surface area contributed by atoms with Crippen LogP contribution in [0.5, 0.6) is 0 Å². The lowest BCUT2D eigenvalue weighted by Crippen LogP contribution is -2.16. The van der Waals surface area contributed by atoms with Crippen LogP contribution in [0, 0.1) is 5.92 Å². The number of thioether (sulfide) groups is 1. The summed E-state index contributed by atoms with van der Waals surface area (Å²) in [6.07, 6.45) is 0.825. The molecule has 0 atom stereocenters. The monoisotopic (exact) mass is 438 g/mol. The van der Waals surface area contributed by atoms with E-state index in [1.807, 2.05) is 42.5 Å². The molecule has 2 aromatic carbocycles. The van der Waals surface area contributed by atoms with Crippen molar-refractivity contribution in [1.82, 2.24) is 14.6 Å². The zero-order chi connectivity index (χ0) is 21.1. The molecule has 2 aromatic heterocycles. The second kappa shape index (κ2) is 8.97. The maximum Gasteiger partial charge on any atom is 0.275 e. The van der Waals surface area contributed by atoms with E-state index in [1.165, 1.54) is 33.7 Å². The van der Waals surface area contributed by atoms with Crippen LogP contribution >= 0.6 is 23.1 Å². The minimum atomic E-state index is -0.179. The first kappa shape index (κ1) is 20.6. The van der Waals surface area contributed by atoms with Gasteiger partial charge in [-0.05, 0) is 17.4 Å². The number of amides is 1. The molecule has 2 heterocycles. The zero-order valence-corrected chi connectivity index (χ0v) is 18.4. The van der Waals surface area contributed by atoms with E-state index in [4.69, 9.17) is 0 Å². The minimum Gasteiger partial charge on any atom is -0.325 e. The van der Waals surface area contributed by atoms with Gasteiger partial charge in [0.2, 0.25) is 10.9 Å². The lowest BCUT2D eigenvalue weighted by Gasteiger charge is -2.08. The van der Waals surface area contributed by atoms with E-state index in [9.17, 15) is 9.59 Å². The second-order valence-corrected chi connectivity index (χ2v) is 9.47. The van der Waals surface area contributed by atoms with Gasteiger partial charge in [-0.2, -0.15) is 9.61 Å². The molecule has 0 unspecified atom stereocenters. The summed E-state index contributed by atoms with van der Waals surface area (Å²) in [5.74, 6) is 1.17. The van der Waals surface area contributed by atoms with Crippen molar-refractivity contribution >= 4 is 50.4 Å². The highest BCUT2D eigenvalue weighted by Gasteiger charge is 2.11. The fourth-order valence-corrected chi connectivity index (χ4v) is 5.02. The maximum absolute atomic E-state index is 12.4. The molecule has 1 amide bonds. The van der Waals surface area contributed by atoms with Crippen LogP contribution in [0.15, 0.2) is 53.3 Å². The summed E-state index contributed by atoms with van der Waals surface area (Å²) in [5, 5.41) is 10.4. The maximum atomic E-state index is 12.4. The highest BCUT2D eigenvalue weighted by atomic mass is 32.2. The van der Waals surface area contributed by atoms with Gasteiger partial charge in [0.05, 0.1) is 11.4 Å². The van der Waals surface area contributed by atoms with E-state index in [0.29, 0.717) is 22.3 Å². The number of benzene rings is 2. The standard InChI is InChI=1S/C22H22N4O2S2/c1-14(2)10-20-25-26-21(28)11-16(23-22(26)30-20)12-29-13-19(27)24-18-9-5-7-15-6-3-4-8-17(15)18/h3-9,11,14H,10,12-13H2,1-2H3,(H,24,27). The van der Waals surface area contributed by atoms with Crippen LogP contribution < -0.4 is 10.9 Å². The average molecular weight is 439 g/mol. The molecule has 0 bridgehead atoms. The number of anilines is 1. The van der Waals surface area contributed by atoms with Gasteiger partial charge >= 0.3 is 0 Å². The van der Waals surface area contributed by atoms with Crippen molar-refractivity contribution in [3.8, 4) is 0 Å². The molecule has 4 rings (SSSR count). The molecule has 8 heteroatoms. The van der Waals surface area contributed by atoms with Gasteiger partial charge in [0.15, 0.2) is 0 Å². The van der Waals surface area contributed by atoms with Crippen LogP contribution in [0.3, 0.4) is 0 Å². The predicted molar refractivity (Wildman–Crippen MR) is 124 cm³/mol. The number of fused-ring (bicyclic) bond motifs is 2. The number of rotatable bonds is 7. The fraction of sp³-hybridized carbons (Fsp3) is 0.273. The molecule has 0 spiro atoms. The molecule has 0 saturated carbocycles. The minimum absolute atomic E-state index is 0.0776. The van der Waals surface area contributed by atoms with E-state index >= 15 is 0 Å². The summed E-state index contributed by atoms with van der Waals surface area (Å²) in [6.45, 7) is 4.24. The number of hydrogen-bond donors (Lipinski definition) is 1. The molecule has 0 aliphatic rings. The lowest BCUT2D eigenvalue weighted by atomic mass is 10.1.